The summed E-state index contributed by atoms with van der Waals surface area (Å²) in [6.07, 6.45) is 0. The third kappa shape index (κ3) is 46.8. The van der Waals surface area contributed by atoms with Crippen LogP contribution in [0, 0.1) is 0 Å². The maximum atomic E-state index is 4.83. The summed E-state index contributed by atoms with van der Waals surface area (Å²) in [7, 11) is 0. The van der Waals surface area contributed by atoms with Gasteiger partial charge in [0, 0.05) is 26.4 Å². The van der Waals surface area contributed by atoms with Crippen LogP contribution in [0.15, 0.2) is 0 Å². The average Bonchev–Trinajstić information content (AvgIpc) is 1.93. The van der Waals surface area contributed by atoms with Gasteiger partial charge in [0.25, 0.3) is 0 Å². The van der Waals surface area contributed by atoms with Crippen LogP contribution in [0.1, 0.15) is 27.7 Å². The maximum Gasteiger partial charge on any atom is 0.0437 e. The van der Waals surface area contributed by atoms with Crippen molar-refractivity contribution in [3.8, 4) is 0 Å². The Balaban J connectivity index is -0.0000000457. The molecule has 0 radical (unpaired) electrons. The lowest BCUT2D eigenvalue weighted by molar-refractivity contribution is 0.162. The van der Waals surface area contributed by atoms with Crippen LogP contribution in [0.4, 0.5) is 0 Å². The Labute approximate surface area is 88.8 Å². The molecule has 0 atom stereocenters. The molecular formula is C8H22Cl2O2. The van der Waals surface area contributed by atoms with Crippen molar-refractivity contribution in [2.24, 2.45) is 0 Å². The summed E-state index contributed by atoms with van der Waals surface area (Å²) in [5.74, 6) is 0. The molecule has 0 saturated carbocycles. The van der Waals surface area contributed by atoms with Crippen molar-refractivity contribution < 1.29 is 9.47 Å². The van der Waals surface area contributed by atoms with Gasteiger partial charge in [-0.2, -0.15) is 0 Å². The van der Waals surface area contributed by atoms with Crippen LogP contribution in [-0.4, -0.2) is 26.4 Å². The van der Waals surface area contributed by atoms with Gasteiger partial charge >= 0.3 is 0 Å². The average molecular weight is 221 g/mol. The van der Waals surface area contributed by atoms with Gasteiger partial charge in [0.1, 0.15) is 0 Å². The number of ether oxygens (including phenoxy) is 2. The molecule has 0 amide bonds. The summed E-state index contributed by atoms with van der Waals surface area (Å²) in [5.41, 5.74) is 0. The van der Waals surface area contributed by atoms with Gasteiger partial charge in [0.2, 0.25) is 0 Å². The van der Waals surface area contributed by atoms with Crippen molar-refractivity contribution in [2.45, 2.75) is 27.7 Å². The Hall–Kier alpha value is 0.500. The van der Waals surface area contributed by atoms with Crippen molar-refractivity contribution in [3.63, 3.8) is 0 Å². The first kappa shape index (κ1) is 22.9. The minimum absolute atomic E-state index is 0. The highest BCUT2D eigenvalue weighted by Gasteiger charge is 1.64. The van der Waals surface area contributed by atoms with E-state index in [4.69, 9.17) is 9.47 Å². The lowest BCUT2D eigenvalue weighted by atomic mass is 10.8. The smallest absolute Gasteiger partial charge is 0.0437 e. The van der Waals surface area contributed by atoms with Crippen LogP contribution in [0.2, 0.25) is 0 Å². The van der Waals surface area contributed by atoms with Gasteiger partial charge in [0.15, 0.2) is 0 Å². The molecule has 0 aromatic heterocycles. The van der Waals surface area contributed by atoms with Gasteiger partial charge < -0.3 is 9.47 Å². The van der Waals surface area contributed by atoms with E-state index in [9.17, 15) is 0 Å². The van der Waals surface area contributed by atoms with E-state index in [0.29, 0.717) is 0 Å². The second kappa shape index (κ2) is 30.0. The molecule has 0 aliphatic heterocycles. The Morgan fingerprint density at radius 3 is 0.750 bits per heavy atom. The second-order valence-electron chi connectivity index (χ2n) is 1.56. The third-order valence-corrected chi connectivity index (χ3v) is 0.816. The summed E-state index contributed by atoms with van der Waals surface area (Å²) in [5, 5.41) is 0. The summed E-state index contributed by atoms with van der Waals surface area (Å²) < 4.78 is 9.67. The first-order chi connectivity index (χ1) is 4.83. The molecule has 0 aromatic rings. The van der Waals surface area contributed by atoms with Crippen LogP contribution in [0.3, 0.4) is 0 Å². The Kier molecular flexibility index (Phi) is 57.2. The van der Waals surface area contributed by atoms with Crippen LogP contribution in [0.25, 0.3) is 0 Å². The van der Waals surface area contributed by atoms with Crippen LogP contribution in [0.5, 0.6) is 0 Å². The largest absolute Gasteiger partial charge is 0.382 e. The summed E-state index contributed by atoms with van der Waals surface area (Å²) in [4.78, 5) is 0. The summed E-state index contributed by atoms with van der Waals surface area (Å²) in [6, 6.07) is 0. The summed E-state index contributed by atoms with van der Waals surface area (Å²) >= 11 is 0. The molecule has 80 valence electrons. The second-order valence-corrected chi connectivity index (χ2v) is 1.56. The van der Waals surface area contributed by atoms with E-state index in [-0.39, 0.29) is 24.8 Å². The van der Waals surface area contributed by atoms with E-state index < -0.39 is 0 Å². The van der Waals surface area contributed by atoms with E-state index in [1.54, 1.807) is 0 Å². The number of halogens is 2. The molecule has 0 rings (SSSR count). The molecule has 0 aliphatic rings. The summed E-state index contributed by atoms with van der Waals surface area (Å²) in [6.45, 7) is 11.3. The molecular weight excluding hydrogens is 199 g/mol. The Morgan fingerprint density at radius 2 is 0.750 bits per heavy atom. The molecule has 0 heterocycles. The van der Waals surface area contributed by atoms with E-state index in [1.165, 1.54) is 0 Å². The van der Waals surface area contributed by atoms with Gasteiger partial charge in [-0.1, -0.05) is 0 Å². The number of hydrogen-bond donors (Lipinski definition) is 0. The zero-order valence-corrected chi connectivity index (χ0v) is 10.1. The third-order valence-electron chi connectivity index (χ3n) is 0.816. The highest BCUT2D eigenvalue weighted by molar-refractivity contribution is 5.85. The topological polar surface area (TPSA) is 18.5 Å². The zero-order valence-electron chi connectivity index (χ0n) is 8.46. The molecule has 12 heavy (non-hydrogen) atoms. The van der Waals surface area contributed by atoms with E-state index in [1.807, 2.05) is 27.7 Å². The van der Waals surface area contributed by atoms with Crippen molar-refractivity contribution in [1.29, 1.82) is 0 Å². The quantitative estimate of drug-likeness (QED) is 0.726. The minimum Gasteiger partial charge on any atom is -0.382 e. The number of hydrogen-bond acceptors (Lipinski definition) is 2. The molecule has 0 bridgehead atoms. The predicted octanol–water partition coefficient (Wildman–Crippen LogP) is 2.93. The van der Waals surface area contributed by atoms with E-state index in [2.05, 4.69) is 0 Å². The van der Waals surface area contributed by atoms with Gasteiger partial charge in [-0.15, -0.1) is 24.8 Å². The molecule has 4 heteroatoms. The first-order valence-corrected chi connectivity index (χ1v) is 3.98. The predicted molar refractivity (Wildman–Crippen MR) is 58.8 cm³/mol. The SMILES string of the molecule is CCOCC.CCOCC.Cl.Cl. The normalized spacial score (nSPS) is 7.00. The van der Waals surface area contributed by atoms with E-state index >= 15 is 0 Å². The van der Waals surface area contributed by atoms with Gasteiger partial charge in [-0.25, -0.2) is 0 Å². The highest BCUT2D eigenvalue weighted by atomic mass is 35.5. The fourth-order valence-corrected chi connectivity index (χ4v) is 0.408. The molecule has 0 unspecified atom stereocenters. The van der Waals surface area contributed by atoms with Crippen molar-refractivity contribution in [1.82, 2.24) is 0 Å². The zero-order chi connectivity index (χ0) is 8.24. The van der Waals surface area contributed by atoms with Gasteiger partial charge in [-0.05, 0) is 27.7 Å². The monoisotopic (exact) mass is 220 g/mol. The van der Waals surface area contributed by atoms with Crippen LogP contribution >= 0.6 is 24.8 Å². The van der Waals surface area contributed by atoms with Crippen LogP contribution < -0.4 is 0 Å². The molecule has 0 fully saturated rings. The van der Waals surface area contributed by atoms with Crippen molar-refractivity contribution in [3.05, 3.63) is 0 Å². The van der Waals surface area contributed by atoms with Crippen molar-refractivity contribution in [2.75, 3.05) is 26.4 Å². The fourth-order valence-electron chi connectivity index (χ4n) is 0.408. The molecule has 2 nitrogen and oxygen atoms in total. The molecule has 0 saturated heterocycles. The highest BCUT2D eigenvalue weighted by Crippen LogP contribution is 1.64. The molecule has 0 spiro atoms. The Morgan fingerprint density at radius 1 is 0.583 bits per heavy atom. The van der Waals surface area contributed by atoms with E-state index in [0.717, 1.165) is 26.4 Å². The van der Waals surface area contributed by atoms with Crippen molar-refractivity contribution >= 4 is 24.8 Å². The number of rotatable bonds is 4. The van der Waals surface area contributed by atoms with Gasteiger partial charge in [-0.3, -0.25) is 0 Å². The lowest BCUT2D eigenvalue weighted by Crippen LogP contribution is -1.84. The lowest BCUT2D eigenvalue weighted by Gasteiger charge is -1.86. The minimum atomic E-state index is 0. The first-order valence-electron chi connectivity index (χ1n) is 3.98. The Bertz CT molecular complexity index is 36.0. The molecule has 0 aliphatic carbocycles. The van der Waals surface area contributed by atoms with Crippen LogP contribution in [-0.2, 0) is 9.47 Å². The standard InChI is InChI=1S/2C4H10O.2ClH/c2*1-3-5-4-2;;/h2*3-4H2,1-2H3;2*1H. The van der Waals surface area contributed by atoms with Gasteiger partial charge in [0.05, 0.1) is 0 Å². The maximum absolute atomic E-state index is 4.83. The molecule has 0 N–H and O–H groups in total. The molecule has 0 aromatic carbocycles. The fraction of sp³-hybridized carbons (Fsp3) is 1.00.